The van der Waals surface area contributed by atoms with Gasteiger partial charge in [0, 0.05) is 25.8 Å². The molecule has 2 aliphatic heterocycles. The van der Waals surface area contributed by atoms with Crippen LogP contribution < -0.4 is 4.90 Å². The van der Waals surface area contributed by atoms with Gasteiger partial charge in [-0.05, 0) is 68.2 Å². The van der Waals surface area contributed by atoms with Crippen molar-refractivity contribution in [1.29, 1.82) is 0 Å². The number of carbonyl (C=O) groups is 1. The van der Waals surface area contributed by atoms with E-state index < -0.39 is 0 Å². The maximum absolute atomic E-state index is 12.8. The number of carbonyl (C=O) groups excluding carboxylic acids is 1. The third-order valence-corrected chi connectivity index (χ3v) is 6.05. The van der Waals surface area contributed by atoms with E-state index >= 15 is 0 Å². The van der Waals surface area contributed by atoms with Crippen LogP contribution in [0, 0.1) is 6.92 Å². The molecule has 29 heavy (non-hydrogen) atoms. The maximum Gasteiger partial charge on any atom is 0.410 e. The van der Waals surface area contributed by atoms with E-state index in [0.717, 1.165) is 55.8 Å². The van der Waals surface area contributed by atoms with Crippen molar-refractivity contribution in [2.24, 2.45) is 0 Å². The van der Waals surface area contributed by atoms with Crippen LogP contribution in [0.1, 0.15) is 61.3 Å². The number of aryl methyl sites for hydroxylation is 1. The second kappa shape index (κ2) is 9.29. The SMILES string of the molecule is Cc1cc(C2CCCCN2C(=O)OCc2ccccc2)cnc1N1CCCCC1. The molecule has 2 aliphatic rings. The summed E-state index contributed by atoms with van der Waals surface area (Å²) in [6.45, 7) is 5.38. The summed E-state index contributed by atoms with van der Waals surface area (Å²) in [5.41, 5.74) is 3.34. The van der Waals surface area contributed by atoms with E-state index in [0.29, 0.717) is 6.61 Å². The number of benzene rings is 1. The first-order valence-corrected chi connectivity index (χ1v) is 10.9. The van der Waals surface area contributed by atoms with Gasteiger partial charge in [0.05, 0.1) is 6.04 Å². The van der Waals surface area contributed by atoms with E-state index in [4.69, 9.17) is 9.72 Å². The Morgan fingerprint density at radius 1 is 1.07 bits per heavy atom. The van der Waals surface area contributed by atoms with Crippen LogP contribution in [-0.4, -0.2) is 35.6 Å². The van der Waals surface area contributed by atoms with Crippen molar-refractivity contribution < 1.29 is 9.53 Å². The lowest BCUT2D eigenvalue weighted by Crippen LogP contribution is -2.39. The highest BCUT2D eigenvalue weighted by Gasteiger charge is 2.30. The second-order valence-electron chi connectivity index (χ2n) is 8.20. The Labute approximate surface area is 173 Å². The Morgan fingerprint density at radius 2 is 1.83 bits per heavy atom. The Morgan fingerprint density at radius 3 is 2.59 bits per heavy atom. The zero-order chi connectivity index (χ0) is 20.1. The molecule has 1 amide bonds. The van der Waals surface area contributed by atoms with E-state index in [1.807, 2.05) is 41.4 Å². The summed E-state index contributed by atoms with van der Waals surface area (Å²) in [6, 6.07) is 12.1. The number of hydrogen-bond donors (Lipinski definition) is 0. The number of rotatable bonds is 4. The Hall–Kier alpha value is -2.56. The predicted octanol–water partition coefficient (Wildman–Crippen LogP) is 5.24. The molecule has 2 saturated heterocycles. The third-order valence-electron chi connectivity index (χ3n) is 6.05. The molecule has 5 heteroatoms. The number of amides is 1. The molecule has 0 aliphatic carbocycles. The fraction of sp³-hybridized carbons (Fsp3) is 0.500. The van der Waals surface area contributed by atoms with Gasteiger partial charge in [0.25, 0.3) is 0 Å². The topological polar surface area (TPSA) is 45.7 Å². The lowest BCUT2D eigenvalue weighted by molar-refractivity contribution is 0.0678. The quantitative estimate of drug-likeness (QED) is 0.712. The molecule has 0 N–H and O–H groups in total. The first kappa shape index (κ1) is 19.7. The summed E-state index contributed by atoms with van der Waals surface area (Å²) in [5, 5.41) is 0. The number of pyridine rings is 1. The van der Waals surface area contributed by atoms with Gasteiger partial charge in [-0.25, -0.2) is 9.78 Å². The summed E-state index contributed by atoms with van der Waals surface area (Å²) < 4.78 is 5.63. The number of hydrogen-bond acceptors (Lipinski definition) is 4. The minimum atomic E-state index is -0.226. The molecule has 1 atom stereocenters. The average molecular weight is 394 g/mol. The molecule has 0 bridgehead atoms. The van der Waals surface area contributed by atoms with Crippen LogP contribution in [-0.2, 0) is 11.3 Å². The van der Waals surface area contributed by atoms with Crippen LogP contribution in [0.25, 0.3) is 0 Å². The molecule has 1 unspecified atom stereocenters. The van der Waals surface area contributed by atoms with Crippen LogP contribution in [0.5, 0.6) is 0 Å². The standard InChI is InChI=1S/C24H31N3O2/c1-19-16-21(17-25-23(19)26-13-7-3-8-14-26)22-12-6-9-15-27(22)24(28)29-18-20-10-4-2-5-11-20/h2,4-5,10-11,16-17,22H,3,6-9,12-15,18H2,1H3. The van der Waals surface area contributed by atoms with Gasteiger partial charge in [0.15, 0.2) is 0 Å². The highest BCUT2D eigenvalue weighted by atomic mass is 16.6. The maximum atomic E-state index is 12.8. The fourth-order valence-electron chi connectivity index (χ4n) is 4.51. The van der Waals surface area contributed by atoms with Crippen molar-refractivity contribution in [2.75, 3.05) is 24.5 Å². The number of likely N-dealkylation sites (tertiary alicyclic amines) is 1. The lowest BCUT2D eigenvalue weighted by Gasteiger charge is -2.35. The zero-order valence-corrected chi connectivity index (χ0v) is 17.3. The smallest absolute Gasteiger partial charge is 0.410 e. The highest BCUT2D eigenvalue weighted by molar-refractivity contribution is 5.68. The van der Waals surface area contributed by atoms with E-state index in [9.17, 15) is 4.79 Å². The van der Waals surface area contributed by atoms with Gasteiger partial charge in [-0.3, -0.25) is 0 Å². The van der Waals surface area contributed by atoms with Crippen LogP contribution in [0.15, 0.2) is 42.6 Å². The molecule has 1 aromatic carbocycles. The van der Waals surface area contributed by atoms with Gasteiger partial charge < -0.3 is 14.5 Å². The second-order valence-corrected chi connectivity index (χ2v) is 8.20. The first-order valence-electron chi connectivity index (χ1n) is 10.9. The van der Waals surface area contributed by atoms with Crippen molar-refractivity contribution in [2.45, 2.75) is 58.1 Å². The number of nitrogens with zero attached hydrogens (tertiary/aromatic N) is 3. The van der Waals surface area contributed by atoms with Crippen molar-refractivity contribution in [3.63, 3.8) is 0 Å². The van der Waals surface area contributed by atoms with E-state index in [2.05, 4.69) is 17.9 Å². The molecule has 0 saturated carbocycles. The van der Waals surface area contributed by atoms with Crippen LogP contribution in [0.3, 0.4) is 0 Å². The van der Waals surface area contributed by atoms with Crippen LogP contribution >= 0.6 is 0 Å². The lowest BCUT2D eigenvalue weighted by atomic mass is 9.96. The van der Waals surface area contributed by atoms with Gasteiger partial charge in [-0.1, -0.05) is 30.3 Å². The fourth-order valence-corrected chi connectivity index (χ4v) is 4.51. The van der Waals surface area contributed by atoms with Gasteiger partial charge in [0.1, 0.15) is 12.4 Å². The molecule has 5 nitrogen and oxygen atoms in total. The summed E-state index contributed by atoms with van der Waals surface area (Å²) in [5.74, 6) is 1.10. The van der Waals surface area contributed by atoms with Gasteiger partial charge in [0.2, 0.25) is 0 Å². The predicted molar refractivity (Wildman–Crippen MR) is 115 cm³/mol. The van der Waals surface area contributed by atoms with Crippen molar-refractivity contribution in [3.05, 3.63) is 59.3 Å². The number of ether oxygens (including phenoxy) is 1. The van der Waals surface area contributed by atoms with E-state index in [1.54, 1.807) is 0 Å². The molecule has 0 spiro atoms. The molecular weight excluding hydrogens is 362 g/mol. The number of piperidine rings is 2. The summed E-state index contributed by atoms with van der Waals surface area (Å²) in [4.78, 5) is 21.9. The first-order chi connectivity index (χ1) is 14.2. The minimum absolute atomic E-state index is 0.0497. The van der Waals surface area contributed by atoms with E-state index in [-0.39, 0.29) is 12.1 Å². The van der Waals surface area contributed by atoms with Crippen molar-refractivity contribution in [1.82, 2.24) is 9.88 Å². The van der Waals surface area contributed by atoms with Crippen molar-refractivity contribution >= 4 is 11.9 Å². The average Bonchev–Trinajstić information content (AvgIpc) is 2.78. The molecule has 1 aromatic heterocycles. The summed E-state index contributed by atoms with van der Waals surface area (Å²) in [6.07, 6.45) is 8.66. The summed E-state index contributed by atoms with van der Waals surface area (Å²) in [7, 11) is 0. The van der Waals surface area contributed by atoms with Crippen molar-refractivity contribution in [3.8, 4) is 0 Å². The Bertz CT molecular complexity index is 818. The molecule has 3 heterocycles. The normalized spacial score (nSPS) is 19.8. The van der Waals surface area contributed by atoms with Crippen LogP contribution in [0.2, 0.25) is 0 Å². The molecule has 0 radical (unpaired) electrons. The van der Waals surface area contributed by atoms with E-state index in [1.165, 1.54) is 24.8 Å². The Kier molecular flexibility index (Phi) is 6.33. The monoisotopic (exact) mass is 393 g/mol. The highest BCUT2D eigenvalue weighted by Crippen LogP contribution is 2.33. The zero-order valence-electron chi connectivity index (χ0n) is 17.3. The largest absolute Gasteiger partial charge is 0.445 e. The number of anilines is 1. The van der Waals surface area contributed by atoms with Gasteiger partial charge in [-0.2, -0.15) is 0 Å². The molecule has 4 rings (SSSR count). The Balaban J connectivity index is 1.46. The molecular formula is C24H31N3O2. The summed E-state index contributed by atoms with van der Waals surface area (Å²) >= 11 is 0. The van der Waals surface area contributed by atoms with Gasteiger partial charge >= 0.3 is 6.09 Å². The molecule has 2 aromatic rings. The molecule has 2 fully saturated rings. The number of aromatic nitrogens is 1. The van der Waals surface area contributed by atoms with Gasteiger partial charge in [-0.15, -0.1) is 0 Å². The van der Waals surface area contributed by atoms with Crippen LogP contribution in [0.4, 0.5) is 10.6 Å². The molecule has 154 valence electrons. The third kappa shape index (κ3) is 4.72. The minimum Gasteiger partial charge on any atom is -0.445 e.